The van der Waals surface area contributed by atoms with Crippen molar-refractivity contribution in [2.45, 2.75) is 26.5 Å². The summed E-state index contributed by atoms with van der Waals surface area (Å²) in [4.78, 5) is 13.8. The largest absolute Gasteiger partial charge is 0.486 e. The van der Waals surface area contributed by atoms with Gasteiger partial charge in [0.15, 0.2) is 17.6 Å². The number of nitrogens with zero attached hydrogens (tertiary/aromatic N) is 3. The number of anilines is 1. The van der Waals surface area contributed by atoms with Crippen molar-refractivity contribution in [1.82, 2.24) is 14.7 Å². The van der Waals surface area contributed by atoms with Crippen LogP contribution in [0.3, 0.4) is 0 Å². The van der Waals surface area contributed by atoms with Gasteiger partial charge in [0.1, 0.15) is 6.61 Å². The lowest BCUT2D eigenvalue weighted by molar-refractivity contribution is 0.0759. The van der Waals surface area contributed by atoms with Crippen LogP contribution in [0.15, 0.2) is 36.7 Å². The number of carbonyl (C=O) groups is 1. The maximum absolute atomic E-state index is 12.0. The average Bonchev–Trinajstić information content (AvgIpc) is 3.02. The van der Waals surface area contributed by atoms with Crippen molar-refractivity contribution in [1.29, 1.82) is 0 Å². The molecule has 128 valence electrons. The zero-order valence-corrected chi connectivity index (χ0v) is 13.9. The highest BCUT2D eigenvalue weighted by Crippen LogP contribution is 2.31. The Morgan fingerprint density at radius 1 is 1.33 bits per heavy atom. The summed E-state index contributed by atoms with van der Waals surface area (Å²) in [6.45, 7) is 6.26. The van der Waals surface area contributed by atoms with Gasteiger partial charge in [-0.25, -0.2) is 4.79 Å². The second-order valence-corrected chi connectivity index (χ2v) is 5.55. The van der Waals surface area contributed by atoms with Gasteiger partial charge in [0.2, 0.25) is 0 Å². The second-order valence-electron chi connectivity index (χ2n) is 5.55. The van der Waals surface area contributed by atoms with E-state index in [1.807, 2.05) is 38.1 Å². The standard InChI is InChI=1S/C17H22N4O3/c1-3-20(4-2)17(22)19-13-9-18-21(10-13)11-14-12-23-15-7-5-6-8-16(15)24-14/h5-10,14H,3-4,11-12H2,1-2H3,(H,19,22). The summed E-state index contributed by atoms with van der Waals surface area (Å²) in [7, 11) is 0. The zero-order chi connectivity index (χ0) is 16.9. The van der Waals surface area contributed by atoms with Crippen molar-refractivity contribution in [3.05, 3.63) is 36.7 Å². The number of para-hydroxylation sites is 2. The van der Waals surface area contributed by atoms with E-state index in [0.717, 1.165) is 11.5 Å². The molecule has 0 saturated carbocycles. The molecule has 1 N–H and O–H groups in total. The number of ether oxygens (including phenoxy) is 2. The Balaban J connectivity index is 1.58. The second kappa shape index (κ2) is 7.25. The van der Waals surface area contributed by atoms with E-state index in [0.29, 0.717) is 31.9 Å². The molecule has 2 amide bonds. The third-order valence-corrected chi connectivity index (χ3v) is 3.89. The minimum atomic E-state index is -0.120. The highest BCUT2D eigenvalue weighted by atomic mass is 16.6. The summed E-state index contributed by atoms with van der Waals surface area (Å²) in [6, 6.07) is 7.49. The van der Waals surface area contributed by atoms with Crippen LogP contribution >= 0.6 is 0 Å². The molecule has 1 atom stereocenters. The topological polar surface area (TPSA) is 68.6 Å². The molecular formula is C17H22N4O3. The number of fused-ring (bicyclic) bond motifs is 1. The number of hydrogen-bond acceptors (Lipinski definition) is 4. The highest BCUT2D eigenvalue weighted by molar-refractivity contribution is 5.88. The van der Waals surface area contributed by atoms with Crippen LogP contribution in [0, 0.1) is 0 Å². The Bertz CT molecular complexity index is 697. The number of rotatable bonds is 5. The Labute approximate surface area is 141 Å². The average molecular weight is 330 g/mol. The predicted octanol–water partition coefficient (Wildman–Crippen LogP) is 2.60. The monoisotopic (exact) mass is 330 g/mol. The summed E-state index contributed by atoms with van der Waals surface area (Å²) < 4.78 is 13.4. The summed E-state index contributed by atoms with van der Waals surface area (Å²) in [6.07, 6.45) is 3.32. The van der Waals surface area contributed by atoms with Gasteiger partial charge < -0.3 is 19.7 Å². The molecule has 0 fully saturated rings. The third-order valence-electron chi connectivity index (χ3n) is 3.89. The zero-order valence-electron chi connectivity index (χ0n) is 13.9. The molecule has 2 aromatic rings. The Kier molecular flexibility index (Phi) is 4.88. The van der Waals surface area contributed by atoms with Gasteiger partial charge in [-0.3, -0.25) is 4.68 Å². The van der Waals surface area contributed by atoms with Crippen molar-refractivity contribution < 1.29 is 14.3 Å². The SMILES string of the molecule is CCN(CC)C(=O)Nc1cnn(CC2COc3ccccc3O2)c1. The van der Waals surface area contributed by atoms with Gasteiger partial charge in [-0.1, -0.05) is 12.1 Å². The first-order chi connectivity index (χ1) is 11.7. The molecule has 0 bridgehead atoms. The number of nitrogens with one attached hydrogen (secondary N) is 1. The molecular weight excluding hydrogens is 308 g/mol. The number of carbonyl (C=O) groups excluding carboxylic acids is 1. The minimum Gasteiger partial charge on any atom is -0.486 e. The molecule has 1 aromatic heterocycles. The van der Waals surface area contributed by atoms with Crippen molar-refractivity contribution in [3.8, 4) is 11.5 Å². The Morgan fingerprint density at radius 2 is 2.08 bits per heavy atom. The van der Waals surface area contributed by atoms with Crippen LogP contribution in [-0.2, 0) is 6.54 Å². The van der Waals surface area contributed by atoms with E-state index in [9.17, 15) is 4.79 Å². The molecule has 1 unspecified atom stereocenters. The normalized spacial score (nSPS) is 15.8. The number of hydrogen-bond donors (Lipinski definition) is 1. The first-order valence-corrected chi connectivity index (χ1v) is 8.16. The lowest BCUT2D eigenvalue weighted by atomic mass is 10.2. The Hall–Kier alpha value is -2.70. The maximum Gasteiger partial charge on any atom is 0.321 e. The van der Waals surface area contributed by atoms with Crippen LogP contribution < -0.4 is 14.8 Å². The van der Waals surface area contributed by atoms with E-state index >= 15 is 0 Å². The van der Waals surface area contributed by atoms with Crippen molar-refractivity contribution in [3.63, 3.8) is 0 Å². The van der Waals surface area contributed by atoms with Crippen molar-refractivity contribution >= 4 is 11.7 Å². The van der Waals surface area contributed by atoms with Gasteiger partial charge in [0.05, 0.1) is 18.4 Å². The van der Waals surface area contributed by atoms with Gasteiger partial charge in [-0.05, 0) is 26.0 Å². The van der Waals surface area contributed by atoms with Crippen LogP contribution in [0.2, 0.25) is 0 Å². The van der Waals surface area contributed by atoms with E-state index in [-0.39, 0.29) is 12.1 Å². The first-order valence-electron chi connectivity index (χ1n) is 8.16. The smallest absolute Gasteiger partial charge is 0.321 e. The Morgan fingerprint density at radius 3 is 2.83 bits per heavy atom. The third kappa shape index (κ3) is 3.61. The van der Waals surface area contributed by atoms with Crippen LogP contribution in [-0.4, -0.2) is 46.5 Å². The number of aromatic nitrogens is 2. The van der Waals surface area contributed by atoms with E-state index < -0.39 is 0 Å². The minimum absolute atomic E-state index is 0.119. The van der Waals surface area contributed by atoms with Crippen LogP contribution in [0.5, 0.6) is 11.5 Å². The maximum atomic E-state index is 12.0. The lowest BCUT2D eigenvalue weighted by Gasteiger charge is -2.26. The molecule has 1 aliphatic heterocycles. The van der Waals surface area contributed by atoms with Crippen molar-refractivity contribution in [2.24, 2.45) is 0 Å². The van der Waals surface area contributed by atoms with E-state index in [1.54, 1.807) is 22.0 Å². The molecule has 24 heavy (non-hydrogen) atoms. The van der Waals surface area contributed by atoms with Gasteiger partial charge in [0, 0.05) is 19.3 Å². The summed E-state index contributed by atoms with van der Waals surface area (Å²) >= 11 is 0. The van der Waals surface area contributed by atoms with Crippen LogP contribution in [0.25, 0.3) is 0 Å². The van der Waals surface area contributed by atoms with Crippen molar-refractivity contribution in [2.75, 3.05) is 25.0 Å². The number of benzene rings is 1. The van der Waals surface area contributed by atoms with E-state index in [1.165, 1.54) is 0 Å². The molecule has 1 aromatic carbocycles. The lowest BCUT2D eigenvalue weighted by Crippen LogP contribution is -2.34. The predicted molar refractivity (Wildman–Crippen MR) is 90.5 cm³/mol. The fraction of sp³-hybridized carbons (Fsp3) is 0.412. The summed E-state index contributed by atoms with van der Waals surface area (Å²) in [5.41, 5.74) is 0.670. The van der Waals surface area contributed by atoms with Crippen LogP contribution in [0.4, 0.5) is 10.5 Å². The van der Waals surface area contributed by atoms with Gasteiger partial charge >= 0.3 is 6.03 Å². The molecule has 0 aliphatic carbocycles. The summed E-state index contributed by atoms with van der Waals surface area (Å²) in [5.74, 6) is 1.51. The van der Waals surface area contributed by atoms with Gasteiger partial charge in [-0.15, -0.1) is 0 Å². The van der Waals surface area contributed by atoms with Crippen LogP contribution in [0.1, 0.15) is 13.8 Å². The molecule has 1 aliphatic rings. The number of urea groups is 1. The van der Waals surface area contributed by atoms with Gasteiger partial charge in [0.25, 0.3) is 0 Å². The first kappa shape index (κ1) is 16.2. The molecule has 7 nitrogen and oxygen atoms in total. The quantitative estimate of drug-likeness (QED) is 0.915. The highest BCUT2D eigenvalue weighted by Gasteiger charge is 2.21. The molecule has 0 spiro atoms. The molecule has 3 rings (SSSR count). The van der Waals surface area contributed by atoms with E-state index in [4.69, 9.17) is 9.47 Å². The fourth-order valence-corrected chi connectivity index (χ4v) is 2.60. The van der Waals surface area contributed by atoms with E-state index in [2.05, 4.69) is 10.4 Å². The van der Waals surface area contributed by atoms with Gasteiger partial charge in [-0.2, -0.15) is 5.10 Å². The summed E-state index contributed by atoms with van der Waals surface area (Å²) in [5, 5.41) is 7.13. The molecule has 2 heterocycles. The molecule has 7 heteroatoms. The molecule has 0 radical (unpaired) electrons. The molecule has 0 saturated heterocycles. The number of amides is 2. The fourth-order valence-electron chi connectivity index (χ4n) is 2.60.